The second-order valence-electron chi connectivity index (χ2n) is 7.15. The highest BCUT2D eigenvalue weighted by Gasteiger charge is 2.36. The van der Waals surface area contributed by atoms with Gasteiger partial charge in [-0.25, -0.2) is 0 Å². The van der Waals surface area contributed by atoms with Gasteiger partial charge in [0, 0.05) is 34.3 Å². The molecule has 0 radical (unpaired) electrons. The number of benzene rings is 2. The fourth-order valence-electron chi connectivity index (χ4n) is 4.26. The number of aryl methyl sites for hydroxylation is 1. The standard InChI is InChI=1S/C23H23N/c1-6-10-19-15(7-2)17-13-18-16-11-8-9-12-21(16)24(5)22(18)14-20(17)23(19,3)4/h6-14H,2H2,1,3-5H3/b10-6-. The number of fused-ring (bicyclic) bond motifs is 4. The lowest BCUT2D eigenvalue weighted by molar-refractivity contribution is 0.654. The predicted molar refractivity (Wildman–Crippen MR) is 105 cm³/mol. The molecule has 120 valence electrons. The molecule has 0 amide bonds. The number of allylic oxidation sites excluding steroid dienone is 5. The van der Waals surface area contributed by atoms with Crippen LogP contribution in [0.15, 0.2) is 66.8 Å². The van der Waals surface area contributed by atoms with E-state index in [0.717, 1.165) is 0 Å². The molecule has 1 nitrogen and oxygen atoms in total. The maximum Gasteiger partial charge on any atom is 0.0492 e. The zero-order chi connectivity index (χ0) is 17.1. The maximum absolute atomic E-state index is 4.09. The van der Waals surface area contributed by atoms with Crippen molar-refractivity contribution in [2.45, 2.75) is 26.2 Å². The zero-order valence-corrected chi connectivity index (χ0v) is 14.9. The molecule has 0 saturated carbocycles. The first kappa shape index (κ1) is 15.0. The summed E-state index contributed by atoms with van der Waals surface area (Å²) in [5.74, 6) is 0. The summed E-state index contributed by atoms with van der Waals surface area (Å²) in [6, 6.07) is 13.4. The zero-order valence-electron chi connectivity index (χ0n) is 14.9. The summed E-state index contributed by atoms with van der Waals surface area (Å²) in [5.41, 5.74) is 7.92. The van der Waals surface area contributed by atoms with Gasteiger partial charge in [-0.05, 0) is 47.4 Å². The third kappa shape index (κ3) is 1.76. The molecule has 0 spiro atoms. The van der Waals surface area contributed by atoms with Crippen LogP contribution in [0.4, 0.5) is 0 Å². The number of rotatable bonds is 2. The molecular weight excluding hydrogens is 290 g/mol. The Labute approximate surface area is 143 Å². The molecule has 0 saturated heterocycles. The van der Waals surface area contributed by atoms with Crippen molar-refractivity contribution < 1.29 is 0 Å². The summed E-state index contributed by atoms with van der Waals surface area (Å²) >= 11 is 0. The van der Waals surface area contributed by atoms with Gasteiger partial charge in [-0.2, -0.15) is 0 Å². The molecule has 1 heteroatoms. The number of hydrogen-bond donors (Lipinski definition) is 0. The number of para-hydroxylation sites is 1. The topological polar surface area (TPSA) is 4.93 Å². The van der Waals surface area contributed by atoms with Gasteiger partial charge < -0.3 is 4.57 Å². The van der Waals surface area contributed by atoms with Gasteiger partial charge in [0.2, 0.25) is 0 Å². The van der Waals surface area contributed by atoms with Crippen LogP contribution < -0.4 is 0 Å². The van der Waals surface area contributed by atoms with E-state index in [0.29, 0.717) is 0 Å². The van der Waals surface area contributed by atoms with Crippen molar-refractivity contribution >= 4 is 27.4 Å². The first-order valence-electron chi connectivity index (χ1n) is 8.52. The molecule has 0 atom stereocenters. The summed E-state index contributed by atoms with van der Waals surface area (Å²) in [6.07, 6.45) is 6.38. The van der Waals surface area contributed by atoms with Gasteiger partial charge >= 0.3 is 0 Å². The Morgan fingerprint density at radius 1 is 1.04 bits per heavy atom. The van der Waals surface area contributed by atoms with E-state index in [1.165, 1.54) is 44.1 Å². The maximum atomic E-state index is 4.09. The lowest BCUT2D eigenvalue weighted by Crippen LogP contribution is -2.16. The fraction of sp³-hybridized carbons (Fsp3) is 0.217. The van der Waals surface area contributed by atoms with Crippen LogP contribution in [-0.4, -0.2) is 4.57 Å². The Bertz CT molecular complexity index is 1050. The van der Waals surface area contributed by atoms with Crippen LogP contribution in [0.3, 0.4) is 0 Å². The van der Waals surface area contributed by atoms with E-state index >= 15 is 0 Å². The van der Waals surface area contributed by atoms with Gasteiger partial charge in [0.05, 0.1) is 0 Å². The van der Waals surface area contributed by atoms with Gasteiger partial charge in [0.1, 0.15) is 0 Å². The molecule has 4 rings (SSSR count). The van der Waals surface area contributed by atoms with E-state index < -0.39 is 0 Å². The third-order valence-electron chi connectivity index (χ3n) is 5.52. The number of hydrogen-bond acceptors (Lipinski definition) is 0. The van der Waals surface area contributed by atoms with Gasteiger partial charge in [-0.15, -0.1) is 0 Å². The largest absolute Gasteiger partial charge is 0.344 e. The minimum Gasteiger partial charge on any atom is -0.344 e. The molecule has 1 aliphatic carbocycles. The van der Waals surface area contributed by atoms with Crippen LogP contribution in [0.2, 0.25) is 0 Å². The Morgan fingerprint density at radius 3 is 2.50 bits per heavy atom. The Morgan fingerprint density at radius 2 is 1.79 bits per heavy atom. The van der Waals surface area contributed by atoms with Crippen LogP contribution in [0, 0.1) is 0 Å². The minimum atomic E-state index is -0.00396. The average molecular weight is 313 g/mol. The Balaban J connectivity index is 2.16. The molecule has 1 aliphatic rings. The second kappa shape index (κ2) is 4.98. The van der Waals surface area contributed by atoms with E-state index in [2.05, 4.69) is 87.5 Å². The number of aromatic nitrogens is 1. The van der Waals surface area contributed by atoms with E-state index in [-0.39, 0.29) is 5.41 Å². The molecule has 0 unspecified atom stereocenters. The average Bonchev–Trinajstić information content (AvgIpc) is 2.97. The van der Waals surface area contributed by atoms with Crippen molar-refractivity contribution in [1.29, 1.82) is 0 Å². The fourth-order valence-corrected chi connectivity index (χ4v) is 4.26. The van der Waals surface area contributed by atoms with Crippen molar-refractivity contribution in [3.05, 3.63) is 77.9 Å². The minimum absolute atomic E-state index is 0.00396. The Hall–Kier alpha value is -2.54. The monoisotopic (exact) mass is 313 g/mol. The van der Waals surface area contributed by atoms with Gasteiger partial charge in [0.15, 0.2) is 0 Å². The molecule has 0 N–H and O–H groups in total. The smallest absolute Gasteiger partial charge is 0.0492 e. The molecular formula is C23H23N. The SMILES string of the molecule is C=CC1=C(/C=C\C)C(C)(C)c2cc3c(cc21)c1ccccc1n3C. The first-order chi connectivity index (χ1) is 11.5. The number of nitrogens with zero attached hydrogens (tertiary/aromatic N) is 1. The van der Waals surface area contributed by atoms with Crippen molar-refractivity contribution in [3.63, 3.8) is 0 Å². The third-order valence-corrected chi connectivity index (χ3v) is 5.52. The van der Waals surface area contributed by atoms with Crippen molar-refractivity contribution in [2.75, 3.05) is 0 Å². The molecule has 2 aromatic carbocycles. The molecule has 0 bridgehead atoms. The lowest BCUT2D eigenvalue weighted by Gasteiger charge is -2.23. The second-order valence-corrected chi connectivity index (χ2v) is 7.15. The summed E-state index contributed by atoms with van der Waals surface area (Å²) < 4.78 is 2.31. The normalized spacial score (nSPS) is 16.5. The first-order valence-corrected chi connectivity index (χ1v) is 8.52. The predicted octanol–water partition coefficient (Wildman–Crippen LogP) is 6.14. The van der Waals surface area contributed by atoms with E-state index in [9.17, 15) is 0 Å². The molecule has 3 aromatic rings. The van der Waals surface area contributed by atoms with Gasteiger partial charge in [0.25, 0.3) is 0 Å². The quantitative estimate of drug-likeness (QED) is 0.535. The highest BCUT2D eigenvalue weighted by molar-refractivity contribution is 6.10. The van der Waals surface area contributed by atoms with Crippen LogP contribution in [0.1, 0.15) is 31.9 Å². The van der Waals surface area contributed by atoms with Crippen molar-refractivity contribution in [3.8, 4) is 0 Å². The summed E-state index contributed by atoms with van der Waals surface area (Å²) in [4.78, 5) is 0. The summed E-state index contributed by atoms with van der Waals surface area (Å²) in [7, 11) is 2.16. The van der Waals surface area contributed by atoms with E-state index in [4.69, 9.17) is 0 Å². The van der Waals surface area contributed by atoms with Crippen LogP contribution in [0.25, 0.3) is 27.4 Å². The molecule has 24 heavy (non-hydrogen) atoms. The molecule has 1 heterocycles. The molecule has 1 aromatic heterocycles. The van der Waals surface area contributed by atoms with Crippen LogP contribution in [0.5, 0.6) is 0 Å². The molecule has 0 aliphatic heterocycles. The van der Waals surface area contributed by atoms with Crippen molar-refractivity contribution in [1.82, 2.24) is 4.57 Å². The van der Waals surface area contributed by atoms with Crippen LogP contribution in [-0.2, 0) is 12.5 Å². The highest BCUT2D eigenvalue weighted by Crippen LogP contribution is 2.49. The van der Waals surface area contributed by atoms with E-state index in [1.54, 1.807) is 0 Å². The Kier molecular flexibility index (Phi) is 3.11. The summed E-state index contributed by atoms with van der Waals surface area (Å²) in [6.45, 7) is 10.8. The highest BCUT2D eigenvalue weighted by atomic mass is 14.9. The lowest BCUT2D eigenvalue weighted by atomic mass is 9.80. The molecule has 0 fully saturated rings. The van der Waals surface area contributed by atoms with Gasteiger partial charge in [-0.3, -0.25) is 0 Å². The van der Waals surface area contributed by atoms with E-state index in [1.807, 2.05) is 6.08 Å². The van der Waals surface area contributed by atoms with Gasteiger partial charge in [-0.1, -0.05) is 56.9 Å². The van der Waals surface area contributed by atoms with Crippen LogP contribution >= 0.6 is 0 Å². The summed E-state index contributed by atoms with van der Waals surface area (Å²) in [5, 5.41) is 2.64. The van der Waals surface area contributed by atoms with Crippen molar-refractivity contribution in [2.24, 2.45) is 7.05 Å².